The van der Waals surface area contributed by atoms with Crippen LogP contribution in [0.25, 0.3) is 0 Å². The van der Waals surface area contributed by atoms with Gasteiger partial charge in [-0.3, -0.25) is 0 Å². The second-order valence-corrected chi connectivity index (χ2v) is 5.30. The summed E-state index contributed by atoms with van der Waals surface area (Å²) in [5.41, 5.74) is 8.38. The van der Waals surface area contributed by atoms with E-state index in [1.54, 1.807) is 0 Å². The van der Waals surface area contributed by atoms with E-state index in [0.717, 1.165) is 23.2 Å². The van der Waals surface area contributed by atoms with Crippen molar-refractivity contribution in [1.29, 1.82) is 0 Å². The van der Waals surface area contributed by atoms with Crippen LogP contribution in [-0.4, -0.2) is 11.5 Å². The highest BCUT2D eigenvalue weighted by Crippen LogP contribution is 2.19. The molecule has 0 saturated carbocycles. The molecule has 0 aliphatic carbocycles. The predicted octanol–water partition coefficient (Wildman–Crippen LogP) is 2.90. The Morgan fingerprint density at radius 3 is 2.50 bits per heavy atom. The van der Waals surface area contributed by atoms with E-state index in [9.17, 15) is 4.79 Å². The molecular formula is C15H21NO2. The molecule has 0 amide bonds. The number of benzene rings is 1. The van der Waals surface area contributed by atoms with E-state index in [2.05, 4.69) is 6.92 Å². The molecule has 0 heterocycles. The maximum absolute atomic E-state index is 10.9. The fourth-order valence-corrected chi connectivity index (χ4v) is 1.72. The maximum Gasteiger partial charge on any atom is 0.184 e. The molecule has 0 fully saturated rings. The lowest BCUT2D eigenvalue weighted by Crippen LogP contribution is -2.19. The number of nitrogen functional groups attached to an aromatic ring is 1. The Labute approximate surface area is 109 Å². The Morgan fingerprint density at radius 2 is 2.06 bits per heavy atom. The van der Waals surface area contributed by atoms with Gasteiger partial charge in [-0.05, 0) is 44.4 Å². The van der Waals surface area contributed by atoms with E-state index < -0.39 is 0 Å². The molecule has 0 bridgehead atoms. The van der Waals surface area contributed by atoms with Crippen molar-refractivity contribution in [2.75, 3.05) is 5.73 Å². The van der Waals surface area contributed by atoms with Gasteiger partial charge in [-0.15, -0.1) is 0 Å². The van der Waals surface area contributed by atoms with Crippen LogP contribution in [0.4, 0.5) is 5.69 Å². The predicted molar refractivity (Wildman–Crippen MR) is 74.0 cm³/mol. The zero-order valence-electron chi connectivity index (χ0n) is 11.5. The molecule has 98 valence electrons. The highest BCUT2D eigenvalue weighted by Gasteiger charge is 2.15. The van der Waals surface area contributed by atoms with Crippen molar-refractivity contribution >= 4 is 11.6 Å². The Hall–Kier alpha value is -1.73. The third-order valence-corrected chi connectivity index (χ3v) is 2.50. The molecule has 1 aromatic rings. The smallest absolute Gasteiger partial charge is 0.184 e. The molecule has 0 atom stereocenters. The minimum Gasteiger partial charge on any atom is -0.481 e. The number of nitrogens with two attached hydrogens (primary N) is 1. The molecule has 0 radical (unpaired) electrons. The zero-order chi connectivity index (χ0) is 13.8. The van der Waals surface area contributed by atoms with Crippen molar-refractivity contribution in [3.63, 3.8) is 0 Å². The van der Waals surface area contributed by atoms with Crippen molar-refractivity contribution in [3.05, 3.63) is 35.1 Å². The first-order chi connectivity index (χ1) is 8.35. The molecule has 3 nitrogen and oxygen atoms in total. The summed E-state index contributed by atoms with van der Waals surface area (Å²) >= 11 is 0. The summed E-state index contributed by atoms with van der Waals surface area (Å²) < 4.78 is 5.54. The molecule has 0 unspecified atom stereocenters. The molecule has 0 aliphatic rings. The summed E-state index contributed by atoms with van der Waals surface area (Å²) in [4.78, 5) is 10.9. The summed E-state index contributed by atoms with van der Waals surface area (Å²) in [6.07, 6.45) is 1.33. The number of rotatable bonds is 4. The molecule has 2 N–H and O–H groups in total. The fraction of sp³-hybridized carbons (Fsp3) is 0.467. The molecule has 18 heavy (non-hydrogen) atoms. The number of carbonyl (C=O) groups excluding carboxylic acids is 1. The van der Waals surface area contributed by atoms with Crippen LogP contribution in [0.2, 0.25) is 0 Å². The largest absolute Gasteiger partial charge is 0.481 e. The van der Waals surface area contributed by atoms with Gasteiger partial charge in [0.25, 0.3) is 0 Å². The number of hydrogen-bond donors (Lipinski definition) is 1. The van der Waals surface area contributed by atoms with E-state index in [-0.39, 0.29) is 5.60 Å². The van der Waals surface area contributed by atoms with Crippen molar-refractivity contribution in [2.45, 2.75) is 46.1 Å². The van der Waals surface area contributed by atoms with Crippen LogP contribution in [0.3, 0.4) is 0 Å². The standard InChI is InChI=1S/C15H21NO2/c1-5-12-7-6-11(9-14(12)16)8-13(10-17)18-15(2,3)4/h6-7,9H,5,8,16H2,1-4H3. The van der Waals surface area contributed by atoms with Crippen molar-refractivity contribution in [3.8, 4) is 0 Å². The van der Waals surface area contributed by atoms with Gasteiger partial charge in [0.05, 0.1) is 0 Å². The van der Waals surface area contributed by atoms with Crippen LogP contribution in [-0.2, 0) is 22.4 Å². The summed E-state index contributed by atoms with van der Waals surface area (Å²) in [7, 11) is 0. The lowest BCUT2D eigenvalue weighted by atomic mass is 10.0. The van der Waals surface area contributed by atoms with Crippen LogP contribution < -0.4 is 5.73 Å². The third-order valence-electron chi connectivity index (χ3n) is 2.50. The Balaban J connectivity index is 2.84. The molecule has 3 heteroatoms. The molecule has 0 spiro atoms. The van der Waals surface area contributed by atoms with E-state index in [1.807, 2.05) is 44.9 Å². The summed E-state index contributed by atoms with van der Waals surface area (Å²) in [6, 6.07) is 5.85. The third kappa shape index (κ3) is 4.27. The van der Waals surface area contributed by atoms with Gasteiger partial charge in [0.2, 0.25) is 0 Å². The lowest BCUT2D eigenvalue weighted by molar-refractivity contribution is 0.0516. The molecular weight excluding hydrogens is 226 g/mol. The molecule has 0 saturated heterocycles. The van der Waals surface area contributed by atoms with E-state index in [4.69, 9.17) is 10.5 Å². The second-order valence-electron chi connectivity index (χ2n) is 5.30. The number of allylic oxidation sites excluding steroid dienone is 1. The van der Waals surface area contributed by atoms with Gasteiger partial charge in [0.15, 0.2) is 11.7 Å². The maximum atomic E-state index is 10.9. The fourth-order valence-electron chi connectivity index (χ4n) is 1.72. The Bertz CT molecular complexity index is 466. The Kier molecular flexibility index (Phi) is 4.57. The number of hydrogen-bond acceptors (Lipinski definition) is 3. The highest BCUT2D eigenvalue weighted by molar-refractivity contribution is 5.54. The van der Waals surface area contributed by atoms with Gasteiger partial charge in [0.1, 0.15) is 5.60 Å². The number of aryl methyl sites for hydroxylation is 1. The second kappa shape index (κ2) is 5.74. The summed E-state index contributed by atoms with van der Waals surface area (Å²) in [5.74, 6) is 2.17. The minimum absolute atomic E-state index is 0.311. The zero-order valence-corrected chi connectivity index (χ0v) is 11.5. The summed E-state index contributed by atoms with van der Waals surface area (Å²) in [6.45, 7) is 7.77. The van der Waals surface area contributed by atoms with Crippen molar-refractivity contribution < 1.29 is 9.53 Å². The number of ether oxygens (including phenoxy) is 1. The topological polar surface area (TPSA) is 52.3 Å². The van der Waals surface area contributed by atoms with Gasteiger partial charge < -0.3 is 10.5 Å². The van der Waals surface area contributed by atoms with E-state index >= 15 is 0 Å². The first kappa shape index (κ1) is 14.3. The monoisotopic (exact) mass is 247 g/mol. The first-order valence-electron chi connectivity index (χ1n) is 6.16. The average molecular weight is 247 g/mol. The normalized spacial score (nSPS) is 10.9. The van der Waals surface area contributed by atoms with E-state index in [1.165, 1.54) is 0 Å². The van der Waals surface area contributed by atoms with Crippen LogP contribution in [0.5, 0.6) is 0 Å². The van der Waals surface area contributed by atoms with Crippen LogP contribution in [0.1, 0.15) is 38.8 Å². The van der Waals surface area contributed by atoms with Crippen LogP contribution >= 0.6 is 0 Å². The first-order valence-corrected chi connectivity index (χ1v) is 6.16. The lowest BCUT2D eigenvalue weighted by Gasteiger charge is -2.21. The summed E-state index contributed by atoms with van der Waals surface area (Å²) in [5, 5.41) is 0. The molecule has 1 aromatic carbocycles. The highest BCUT2D eigenvalue weighted by atomic mass is 16.5. The quantitative estimate of drug-likeness (QED) is 0.505. The molecule has 1 rings (SSSR count). The van der Waals surface area contributed by atoms with Gasteiger partial charge in [0, 0.05) is 12.1 Å². The van der Waals surface area contributed by atoms with Gasteiger partial charge in [-0.1, -0.05) is 19.1 Å². The van der Waals surface area contributed by atoms with Gasteiger partial charge in [-0.2, -0.15) is 0 Å². The molecule has 0 aromatic heterocycles. The Morgan fingerprint density at radius 1 is 1.39 bits per heavy atom. The van der Waals surface area contributed by atoms with Crippen molar-refractivity contribution in [2.24, 2.45) is 0 Å². The van der Waals surface area contributed by atoms with Crippen LogP contribution in [0, 0.1) is 0 Å². The average Bonchev–Trinajstić information content (AvgIpc) is 2.26. The van der Waals surface area contributed by atoms with Gasteiger partial charge in [-0.25, -0.2) is 4.79 Å². The molecule has 0 aliphatic heterocycles. The van der Waals surface area contributed by atoms with Gasteiger partial charge >= 0.3 is 0 Å². The minimum atomic E-state index is -0.387. The van der Waals surface area contributed by atoms with E-state index in [0.29, 0.717) is 12.2 Å². The van der Waals surface area contributed by atoms with Crippen LogP contribution in [0.15, 0.2) is 24.0 Å². The van der Waals surface area contributed by atoms with Crippen molar-refractivity contribution in [1.82, 2.24) is 0 Å². The number of anilines is 1. The SMILES string of the molecule is CCc1ccc(CC(=C=O)OC(C)(C)C)cc1N.